The van der Waals surface area contributed by atoms with E-state index in [1.165, 1.54) is 0 Å². The number of hydrogen-bond donors (Lipinski definition) is 3. The highest BCUT2D eigenvalue weighted by Gasteiger charge is 2.08. The fraction of sp³-hybridized carbons (Fsp3) is 0.348. The molecule has 0 bridgehead atoms. The van der Waals surface area contributed by atoms with Crippen molar-refractivity contribution in [3.8, 4) is 28.6 Å². The predicted molar refractivity (Wildman–Crippen MR) is 134 cm³/mol. The zero-order chi connectivity index (χ0) is 21.3. The standard InChI is InChI=1S/C23H29N3O4.2ClH.H2O/c1-16-13-25-23(26-16)18-5-7-20(8-6-18)30-15-19(27)14-24-11-10-17-4-9-21(28-2)22(12-17)29-3;;;/h4-9,12-13,19,24,27H,10-11,14-15H2,1-3H3,(H,25,26);2*1H;1H2. The number of benzene rings is 2. The topological polar surface area (TPSA) is 120 Å². The minimum Gasteiger partial charge on any atom is -0.493 e. The lowest BCUT2D eigenvalue weighted by atomic mass is 10.1. The average Bonchev–Trinajstić information content (AvgIpc) is 3.21. The molecule has 0 radical (unpaired) electrons. The van der Waals surface area contributed by atoms with Gasteiger partial charge in [-0.2, -0.15) is 0 Å². The molecule has 8 nitrogen and oxygen atoms in total. The summed E-state index contributed by atoms with van der Waals surface area (Å²) in [7, 11) is 3.25. The molecule has 1 aromatic heterocycles. The van der Waals surface area contributed by atoms with Crippen molar-refractivity contribution in [1.82, 2.24) is 15.3 Å². The smallest absolute Gasteiger partial charge is 0.160 e. The monoisotopic (exact) mass is 501 g/mol. The molecule has 0 saturated heterocycles. The maximum absolute atomic E-state index is 10.2. The quantitative estimate of drug-likeness (QED) is 0.347. The first-order valence-electron chi connectivity index (χ1n) is 9.93. The van der Waals surface area contributed by atoms with E-state index >= 15 is 0 Å². The molecular weight excluding hydrogens is 469 g/mol. The minimum atomic E-state index is -0.595. The average molecular weight is 502 g/mol. The van der Waals surface area contributed by atoms with E-state index in [2.05, 4.69) is 15.3 Å². The van der Waals surface area contributed by atoms with E-state index in [1.807, 2.05) is 49.4 Å². The maximum Gasteiger partial charge on any atom is 0.160 e. The van der Waals surface area contributed by atoms with Gasteiger partial charge in [0.15, 0.2) is 11.5 Å². The fourth-order valence-electron chi connectivity index (χ4n) is 3.06. The molecule has 0 aliphatic heterocycles. The highest BCUT2D eigenvalue weighted by atomic mass is 35.5. The Labute approximate surface area is 206 Å². The number of aromatic amines is 1. The largest absolute Gasteiger partial charge is 0.493 e. The van der Waals surface area contributed by atoms with Crippen LogP contribution in [-0.2, 0) is 6.42 Å². The highest BCUT2D eigenvalue weighted by molar-refractivity contribution is 5.85. The SMILES string of the molecule is COc1ccc(CCNCC(O)COc2ccc(-c3ncc(C)[nH]3)cc2)cc1OC.Cl.Cl.O. The summed E-state index contributed by atoms with van der Waals surface area (Å²) in [6.45, 7) is 3.39. The van der Waals surface area contributed by atoms with Gasteiger partial charge in [-0.15, -0.1) is 24.8 Å². The minimum absolute atomic E-state index is 0. The Hall–Kier alpha value is -2.49. The lowest BCUT2D eigenvalue weighted by Gasteiger charge is -2.14. The molecule has 184 valence electrons. The summed E-state index contributed by atoms with van der Waals surface area (Å²) in [6, 6.07) is 13.5. The van der Waals surface area contributed by atoms with Crippen molar-refractivity contribution < 1.29 is 24.8 Å². The summed E-state index contributed by atoms with van der Waals surface area (Å²) >= 11 is 0. The summed E-state index contributed by atoms with van der Waals surface area (Å²) in [5.41, 5.74) is 3.15. The van der Waals surface area contributed by atoms with Crippen molar-refractivity contribution in [3.63, 3.8) is 0 Å². The zero-order valence-electron chi connectivity index (χ0n) is 19.0. The molecular formula is C23H33Cl2N3O5. The number of halogens is 2. The predicted octanol–water partition coefficient (Wildman–Crippen LogP) is 2.99. The summed E-state index contributed by atoms with van der Waals surface area (Å²) < 4.78 is 16.3. The van der Waals surface area contributed by atoms with Gasteiger partial charge in [0.25, 0.3) is 0 Å². The first-order chi connectivity index (χ1) is 14.6. The van der Waals surface area contributed by atoms with Crippen LogP contribution in [-0.4, -0.2) is 60.6 Å². The van der Waals surface area contributed by atoms with Gasteiger partial charge >= 0.3 is 0 Å². The molecule has 1 heterocycles. The van der Waals surface area contributed by atoms with Crippen LogP contribution in [0.2, 0.25) is 0 Å². The third-order valence-corrected chi connectivity index (χ3v) is 4.69. The van der Waals surface area contributed by atoms with Crippen molar-refractivity contribution in [1.29, 1.82) is 0 Å². The zero-order valence-corrected chi connectivity index (χ0v) is 20.6. The molecule has 3 aromatic rings. The van der Waals surface area contributed by atoms with Crippen LogP contribution in [0.25, 0.3) is 11.4 Å². The second-order valence-electron chi connectivity index (χ2n) is 7.05. The molecule has 33 heavy (non-hydrogen) atoms. The van der Waals surface area contributed by atoms with E-state index in [1.54, 1.807) is 20.4 Å². The van der Waals surface area contributed by atoms with Gasteiger partial charge in [0.05, 0.1) is 14.2 Å². The molecule has 1 unspecified atom stereocenters. The Morgan fingerprint density at radius 3 is 2.33 bits per heavy atom. The van der Waals surface area contributed by atoms with Crippen LogP contribution in [0, 0.1) is 6.92 Å². The Bertz CT molecular complexity index is 938. The normalized spacial score (nSPS) is 10.8. The molecule has 2 aromatic carbocycles. The summed E-state index contributed by atoms with van der Waals surface area (Å²) in [5, 5.41) is 13.4. The van der Waals surface area contributed by atoms with Gasteiger partial charge in [-0.25, -0.2) is 4.98 Å². The van der Waals surface area contributed by atoms with E-state index in [-0.39, 0.29) is 36.9 Å². The Morgan fingerprint density at radius 2 is 1.73 bits per heavy atom. The molecule has 3 rings (SSSR count). The summed E-state index contributed by atoms with van der Waals surface area (Å²) in [6.07, 6.45) is 2.03. The third kappa shape index (κ3) is 9.11. The number of aliphatic hydroxyl groups excluding tert-OH is 1. The van der Waals surface area contributed by atoms with E-state index in [9.17, 15) is 5.11 Å². The Morgan fingerprint density at radius 1 is 1.03 bits per heavy atom. The van der Waals surface area contributed by atoms with Gasteiger partial charge in [0, 0.05) is 24.0 Å². The number of aliphatic hydroxyl groups is 1. The second-order valence-corrected chi connectivity index (χ2v) is 7.05. The first kappa shape index (κ1) is 30.5. The Kier molecular flexibility index (Phi) is 14.2. The molecule has 5 N–H and O–H groups in total. The first-order valence-corrected chi connectivity index (χ1v) is 9.93. The molecule has 0 amide bonds. The van der Waals surface area contributed by atoms with Gasteiger partial charge < -0.3 is 35.1 Å². The second kappa shape index (κ2) is 15.4. The van der Waals surface area contributed by atoms with Crippen LogP contribution in [0.4, 0.5) is 0 Å². The number of methoxy groups -OCH3 is 2. The third-order valence-electron chi connectivity index (χ3n) is 4.69. The summed E-state index contributed by atoms with van der Waals surface area (Å²) in [5.74, 6) is 2.98. The maximum atomic E-state index is 10.2. The lowest BCUT2D eigenvalue weighted by molar-refractivity contribution is 0.106. The molecule has 0 saturated carbocycles. The van der Waals surface area contributed by atoms with Gasteiger partial charge in [-0.3, -0.25) is 0 Å². The molecule has 0 spiro atoms. The van der Waals surface area contributed by atoms with Gasteiger partial charge in [-0.05, 0) is 61.9 Å². The van der Waals surface area contributed by atoms with Crippen molar-refractivity contribution in [2.24, 2.45) is 0 Å². The van der Waals surface area contributed by atoms with Crippen LogP contribution < -0.4 is 19.5 Å². The van der Waals surface area contributed by atoms with Crippen LogP contribution in [0.15, 0.2) is 48.7 Å². The van der Waals surface area contributed by atoms with E-state index in [0.29, 0.717) is 18.0 Å². The summed E-state index contributed by atoms with van der Waals surface area (Å²) in [4.78, 5) is 7.52. The van der Waals surface area contributed by atoms with Crippen molar-refractivity contribution in [2.45, 2.75) is 19.4 Å². The number of rotatable bonds is 11. The van der Waals surface area contributed by atoms with Crippen molar-refractivity contribution >= 4 is 24.8 Å². The fourth-order valence-corrected chi connectivity index (χ4v) is 3.06. The van der Waals surface area contributed by atoms with Crippen LogP contribution in [0.3, 0.4) is 0 Å². The number of imidazole rings is 1. The van der Waals surface area contributed by atoms with Crippen molar-refractivity contribution in [3.05, 3.63) is 59.9 Å². The lowest BCUT2D eigenvalue weighted by Crippen LogP contribution is -2.32. The number of nitrogens with zero attached hydrogens (tertiary/aromatic N) is 1. The van der Waals surface area contributed by atoms with Gasteiger partial charge in [0.2, 0.25) is 0 Å². The molecule has 0 aliphatic carbocycles. The molecule has 0 aliphatic rings. The number of ether oxygens (including phenoxy) is 3. The number of aromatic nitrogens is 2. The van der Waals surface area contributed by atoms with Crippen LogP contribution >= 0.6 is 24.8 Å². The number of H-pyrrole nitrogens is 1. The van der Waals surface area contributed by atoms with Gasteiger partial charge in [-0.1, -0.05) is 6.07 Å². The molecule has 1 atom stereocenters. The molecule has 0 fully saturated rings. The number of hydrogen-bond acceptors (Lipinski definition) is 6. The van der Waals surface area contributed by atoms with E-state index < -0.39 is 6.10 Å². The number of nitrogens with one attached hydrogen (secondary N) is 2. The van der Waals surface area contributed by atoms with E-state index in [0.717, 1.165) is 41.4 Å². The highest BCUT2D eigenvalue weighted by Crippen LogP contribution is 2.27. The van der Waals surface area contributed by atoms with Gasteiger partial charge in [0.1, 0.15) is 24.3 Å². The van der Waals surface area contributed by atoms with Crippen LogP contribution in [0.5, 0.6) is 17.2 Å². The van der Waals surface area contributed by atoms with E-state index in [4.69, 9.17) is 14.2 Å². The number of aryl methyl sites for hydroxylation is 1. The Balaban J connectivity index is 0.00000341. The molecule has 10 heteroatoms. The van der Waals surface area contributed by atoms with Crippen molar-refractivity contribution in [2.75, 3.05) is 33.9 Å². The van der Waals surface area contributed by atoms with Crippen LogP contribution in [0.1, 0.15) is 11.3 Å².